The molecule has 1 heterocycles. The van der Waals surface area contributed by atoms with E-state index < -0.39 is 0 Å². The molecule has 0 aromatic heterocycles. The van der Waals surface area contributed by atoms with Gasteiger partial charge in [0.1, 0.15) is 5.75 Å². The van der Waals surface area contributed by atoms with Gasteiger partial charge in [-0.25, -0.2) is 0 Å². The molecule has 0 fully saturated rings. The molecule has 1 aliphatic heterocycles. The second-order valence-electron chi connectivity index (χ2n) is 3.51. The van der Waals surface area contributed by atoms with Crippen LogP contribution in [-0.2, 0) is 12.8 Å². The van der Waals surface area contributed by atoms with Crippen molar-refractivity contribution in [3.05, 3.63) is 28.3 Å². The van der Waals surface area contributed by atoms with Gasteiger partial charge in [0.05, 0.1) is 11.6 Å². The Labute approximate surface area is 89.0 Å². The van der Waals surface area contributed by atoms with Crippen LogP contribution in [0.5, 0.6) is 5.75 Å². The zero-order valence-corrected chi connectivity index (χ0v) is 8.81. The van der Waals surface area contributed by atoms with E-state index in [2.05, 4.69) is 0 Å². The van der Waals surface area contributed by atoms with Crippen LogP contribution in [0.4, 0.5) is 0 Å². The Kier molecular flexibility index (Phi) is 2.94. The molecule has 0 bridgehead atoms. The van der Waals surface area contributed by atoms with Gasteiger partial charge in [-0.1, -0.05) is 17.7 Å². The molecule has 3 heteroatoms. The van der Waals surface area contributed by atoms with E-state index in [-0.39, 0.29) is 0 Å². The summed E-state index contributed by atoms with van der Waals surface area (Å²) in [5, 5.41) is 0.883. The van der Waals surface area contributed by atoms with Crippen LogP contribution in [0, 0.1) is 0 Å². The summed E-state index contributed by atoms with van der Waals surface area (Å²) in [7, 11) is 0. The third kappa shape index (κ3) is 1.72. The molecule has 2 rings (SSSR count). The van der Waals surface area contributed by atoms with E-state index >= 15 is 0 Å². The van der Waals surface area contributed by atoms with Crippen LogP contribution in [-0.4, -0.2) is 13.2 Å². The topological polar surface area (TPSA) is 35.2 Å². The first-order valence-corrected chi connectivity index (χ1v) is 5.34. The summed E-state index contributed by atoms with van der Waals surface area (Å²) in [6.45, 7) is 1.47. The van der Waals surface area contributed by atoms with Gasteiger partial charge in [-0.05, 0) is 31.0 Å². The molecule has 1 aliphatic rings. The van der Waals surface area contributed by atoms with E-state index in [9.17, 15) is 0 Å². The van der Waals surface area contributed by atoms with Crippen LogP contribution in [0.25, 0.3) is 0 Å². The summed E-state index contributed by atoms with van der Waals surface area (Å²) in [5.74, 6) is 0.950. The van der Waals surface area contributed by atoms with Crippen molar-refractivity contribution < 1.29 is 4.74 Å². The maximum Gasteiger partial charge on any atom is 0.124 e. The van der Waals surface area contributed by atoms with E-state index in [4.69, 9.17) is 22.1 Å². The Balaban J connectivity index is 2.26. The molecule has 1 aromatic rings. The van der Waals surface area contributed by atoms with Gasteiger partial charge >= 0.3 is 0 Å². The molecule has 0 saturated carbocycles. The van der Waals surface area contributed by atoms with Crippen molar-refractivity contribution in [1.29, 1.82) is 0 Å². The number of aryl methyl sites for hydroxylation is 1. The molecule has 0 aliphatic carbocycles. The number of hydrogen-bond donors (Lipinski definition) is 1. The van der Waals surface area contributed by atoms with Gasteiger partial charge < -0.3 is 10.5 Å². The van der Waals surface area contributed by atoms with E-state index in [1.54, 1.807) is 0 Å². The van der Waals surface area contributed by atoms with Crippen LogP contribution in [0.3, 0.4) is 0 Å². The van der Waals surface area contributed by atoms with Gasteiger partial charge in [-0.2, -0.15) is 0 Å². The lowest BCUT2D eigenvalue weighted by atomic mass is 10.0. The van der Waals surface area contributed by atoms with E-state index in [1.165, 1.54) is 11.1 Å². The zero-order valence-electron chi connectivity index (χ0n) is 8.05. The summed E-state index contributed by atoms with van der Waals surface area (Å²) in [4.78, 5) is 0. The molecule has 1 aromatic carbocycles. The Morgan fingerprint density at radius 3 is 3.07 bits per heavy atom. The Hall–Kier alpha value is -0.730. The van der Waals surface area contributed by atoms with Crippen molar-refractivity contribution >= 4 is 11.6 Å². The van der Waals surface area contributed by atoms with Crippen molar-refractivity contribution in [2.45, 2.75) is 19.3 Å². The number of halogens is 1. The summed E-state index contributed by atoms with van der Waals surface area (Å²) in [6.07, 6.45) is 2.88. The lowest BCUT2D eigenvalue weighted by molar-refractivity contribution is 0.357. The molecular weight excluding hydrogens is 198 g/mol. The summed E-state index contributed by atoms with van der Waals surface area (Å²) in [5.41, 5.74) is 7.83. The molecule has 14 heavy (non-hydrogen) atoms. The van der Waals surface area contributed by atoms with Crippen molar-refractivity contribution in [2.75, 3.05) is 13.2 Å². The maximum atomic E-state index is 6.27. The minimum Gasteiger partial charge on any atom is -0.493 e. The average Bonchev–Trinajstić information content (AvgIpc) is 2.66. The number of ether oxygens (including phenoxy) is 1. The first kappa shape index (κ1) is 9.81. The highest BCUT2D eigenvalue weighted by Gasteiger charge is 2.17. The van der Waals surface area contributed by atoms with E-state index in [0.29, 0.717) is 6.54 Å². The lowest BCUT2D eigenvalue weighted by Crippen LogP contribution is -2.01. The van der Waals surface area contributed by atoms with Crippen molar-refractivity contribution in [3.8, 4) is 5.75 Å². The Morgan fingerprint density at radius 1 is 1.43 bits per heavy atom. The Bertz CT molecular complexity index is 338. The SMILES string of the molecule is NCCCc1ccc2c(c1Cl)CCO2. The number of hydrogen-bond acceptors (Lipinski definition) is 2. The monoisotopic (exact) mass is 211 g/mol. The molecule has 2 N–H and O–H groups in total. The van der Waals surface area contributed by atoms with Crippen molar-refractivity contribution in [2.24, 2.45) is 5.73 Å². The fourth-order valence-electron chi connectivity index (χ4n) is 1.77. The van der Waals surface area contributed by atoms with Crippen LogP contribution in [0.2, 0.25) is 5.02 Å². The number of benzene rings is 1. The second kappa shape index (κ2) is 4.20. The standard InChI is InChI=1S/C11H14ClNO/c12-11-8(2-1-6-13)3-4-10-9(11)5-7-14-10/h3-4H,1-2,5-7,13H2. The number of rotatable bonds is 3. The van der Waals surface area contributed by atoms with Gasteiger partial charge in [0.25, 0.3) is 0 Å². The molecule has 0 radical (unpaired) electrons. The predicted molar refractivity (Wildman–Crippen MR) is 58.0 cm³/mol. The predicted octanol–water partition coefficient (Wildman–Crippen LogP) is 2.17. The number of fused-ring (bicyclic) bond motifs is 1. The first-order chi connectivity index (χ1) is 6.83. The molecular formula is C11H14ClNO. The first-order valence-electron chi connectivity index (χ1n) is 4.96. The highest BCUT2D eigenvalue weighted by Crippen LogP contribution is 2.34. The maximum absolute atomic E-state index is 6.27. The fraction of sp³-hybridized carbons (Fsp3) is 0.455. The van der Waals surface area contributed by atoms with Crippen LogP contribution >= 0.6 is 11.6 Å². The van der Waals surface area contributed by atoms with Gasteiger partial charge in [-0.3, -0.25) is 0 Å². The molecule has 76 valence electrons. The molecule has 0 amide bonds. The number of nitrogens with two attached hydrogens (primary N) is 1. The molecule has 2 nitrogen and oxygen atoms in total. The molecule has 0 atom stereocenters. The molecule has 0 saturated heterocycles. The van der Waals surface area contributed by atoms with Crippen LogP contribution in [0.15, 0.2) is 12.1 Å². The third-order valence-corrected chi connectivity index (χ3v) is 3.01. The largest absolute Gasteiger partial charge is 0.493 e. The summed E-state index contributed by atoms with van der Waals surface area (Å²) < 4.78 is 5.43. The van der Waals surface area contributed by atoms with Crippen molar-refractivity contribution in [3.63, 3.8) is 0 Å². The molecule has 0 unspecified atom stereocenters. The summed E-state index contributed by atoms with van der Waals surface area (Å²) in [6, 6.07) is 4.06. The lowest BCUT2D eigenvalue weighted by Gasteiger charge is -2.07. The van der Waals surface area contributed by atoms with Crippen LogP contribution < -0.4 is 10.5 Å². The Morgan fingerprint density at radius 2 is 2.29 bits per heavy atom. The fourth-order valence-corrected chi connectivity index (χ4v) is 2.11. The minimum absolute atomic E-state index is 0.712. The van der Waals surface area contributed by atoms with Crippen LogP contribution in [0.1, 0.15) is 17.5 Å². The third-order valence-electron chi connectivity index (χ3n) is 2.54. The van der Waals surface area contributed by atoms with Gasteiger partial charge in [0.15, 0.2) is 0 Å². The van der Waals surface area contributed by atoms with Gasteiger partial charge in [0, 0.05) is 12.0 Å². The highest BCUT2D eigenvalue weighted by molar-refractivity contribution is 6.32. The van der Waals surface area contributed by atoms with Crippen molar-refractivity contribution in [1.82, 2.24) is 0 Å². The van der Waals surface area contributed by atoms with E-state index in [0.717, 1.165) is 36.6 Å². The van der Waals surface area contributed by atoms with Gasteiger partial charge in [-0.15, -0.1) is 0 Å². The van der Waals surface area contributed by atoms with E-state index in [1.807, 2.05) is 12.1 Å². The quantitative estimate of drug-likeness (QED) is 0.832. The smallest absolute Gasteiger partial charge is 0.124 e. The van der Waals surface area contributed by atoms with Gasteiger partial charge in [0.2, 0.25) is 0 Å². The second-order valence-corrected chi connectivity index (χ2v) is 3.88. The zero-order chi connectivity index (χ0) is 9.97. The normalized spacial score (nSPS) is 13.9. The summed E-state index contributed by atoms with van der Waals surface area (Å²) >= 11 is 6.27. The minimum atomic E-state index is 0.712. The molecule has 0 spiro atoms. The highest BCUT2D eigenvalue weighted by atomic mass is 35.5. The average molecular weight is 212 g/mol.